The lowest BCUT2D eigenvalue weighted by Crippen LogP contribution is -2.32. The molecule has 0 bridgehead atoms. The van der Waals surface area contributed by atoms with Crippen molar-refractivity contribution in [3.05, 3.63) is 71.9 Å². The van der Waals surface area contributed by atoms with Crippen molar-refractivity contribution in [1.82, 2.24) is 14.9 Å². The maximum absolute atomic E-state index is 13.6. The average Bonchev–Trinajstić information content (AvgIpc) is 3.38. The van der Waals surface area contributed by atoms with Crippen LogP contribution in [0.1, 0.15) is 37.4 Å². The second-order valence-electron chi connectivity index (χ2n) is 8.05. The number of nitrogens with zero attached hydrogens (tertiary/aromatic N) is 2. The fraction of sp³-hybridized carbons (Fsp3) is 0.320. The molecule has 2 aliphatic heterocycles. The van der Waals surface area contributed by atoms with E-state index in [2.05, 4.69) is 40.0 Å². The quantitative estimate of drug-likeness (QED) is 0.623. The smallest absolute Gasteiger partial charge is 0.123 e. The van der Waals surface area contributed by atoms with Crippen LogP contribution in [-0.2, 0) is 6.42 Å². The average molecular weight is 388 g/mol. The number of rotatable bonds is 4. The Bertz CT molecular complexity index is 1030. The molecule has 2 aliphatic rings. The summed E-state index contributed by atoms with van der Waals surface area (Å²) in [5.41, 5.74) is 8.49. The Morgan fingerprint density at radius 2 is 1.86 bits per heavy atom. The van der Waals surface area contributed by atoms with E-state index in [1.165, 1.54) is 53.9 Å². The summed E-state index contributed by atoms with van der Waals surface area (Å²) in [5.74, 6) is -0.210. The summed E-state index contributed by atoms with van der Waals surface area (Å²) < 4.78 is 13.6. The van der Waals surface area contributed by atoms with E-state index in [0.717, 1.165) is 36.2 Å². The first-order chi connectivity index (χ1) is 14.2. The number of hydrogen-bond donors (Lipinski definition) is 1. The Labute approximate surface area is 171 Å². The Kier molecular flexibility index (Phi) is 4.80. The molecule has 0 spiro atoms. The van der Waals surface area contributed by atoms with E-state index in [0.29, 0.717) is 6.04 Å². The van der Waals surface area contributed by atoms with Gasteiger partial charge in [-0.15, -0.1) is 0 Å². The highest BCUT2D eigenvalue weighted by molar-refractivity contribution is 5.93. The van der Waals surface area contributed by atoms with E-state index in [9.17, 15) is 4.39 Å². The summed E-state index contributed by atoms with van der Waals surface area (Å²) in [6, 6.07) is 11.6. The summed E-state index contributed by atoms with van der Waals surface area (Å²) in [4.78, 5) is 10.5. The number of nitrogens with one attached hydrogen (secondary N) is 1. The first-order valence-electron chi connectivity index (χ1n) is 10.6. The number of aromatic amines is 1. The topological polar surface area (TPSA) is 31.9 Å². The van der Waals surface area contributed by atoms with Crippen molar-refractivity contribution in [2.24, 2.45) is 0 Å². The molecule has 4 heteroatoms. The van der Waals surface area contributed by atoms with Crippen molar-refractivity contribution in [2.75, 3.05) is 13.1 Å². The van der Waals surface area contributed by atoms with Crippen LogP contribution < -0.4 is 0 Å². The fourth-order valence-corrected chi connectivity index (χ4v) is 4.95. The SMILES string of the molecule is CCc1[nH]c(-c2ccc(F)cc2)c(-c2ccncc2)c1C1=CCN2CCCC2C1. The zero-order chi connectivity index (χ0) is 19.8. The summed E-state index contributed by atoms with van der Waals surface area (Å²) in [6.45, 7) is 4.46. The summed E-state index contributed by atoms with van der Waals surface area (Å²) in [7, 11) is 0. The second kappa shape index (κ2) is 7.60. The molecule has 29 heavy (non-hydrogen) atoms. The van der Waals surface area contributed by atoms with Gasteiger partial charge in [-0.25, -0.2) is 4.39 Å². The van der Waals surface area contributed by atoms with Crippen LogP contribution in [0.4, 0.5) is 4.39 Å². The molecule has 3 aromatic rings. The van der Waals surface area contributed by atoms with Crippen LogP contribution in [0.15, 0.2) is 54.9 Å². The van der Waals surface area contributed by atoms with E-state index in [4.69, 9.17) is 0 Å². The first-order valence-corrected chi connectivity index (χ1v) is 10.6. The van der Waals surface area contributed by atoms with Gasteiger partial charge in [0, 0.05) is 41.8 Å². The van der Waals surface area contributed by atoms with Gasteiger partial charge in [-0.3, -0.25) is 9.88 Å². The third-order valence-corrected chi connectivity index (χ3v) is 6.38. The molecular weight excluding hydrogens is 361 g/mol. The van der Waals surface area contributed by atoms with Crippen LogP contribution in [0.25, 0.3) is 28.0 Å². The van der Waals surface area contributed by atoms with Crippen molar-refractivity contribution in [2.45, 2.75) is 38.6 Å². The molecule has 2 aromatic heterocycles. The molecule has 1 unspecified atom stereocenters. The number of hydrogen-bond acceptors (Lipinski definition) is 2. The van der Waals surface area contributed by atoms with Crippen molar-refractivity contribution < 1.29 is 4.39 Å². The van der Waals surface area contributed by atoms with Crippen LogP contribution in [0.2, 0.25) is 0 Å². The van der Waals surface area contributed by atoms with Crippen molar-refractivity contribution in [3.63, 3.8) is 0 Å². The van der Waals surface area contributed by atoms with Crippen LogP contribution in [-0.4, -0.2) is 34.0 Å². The maximum atomic E-state index is 13.6. The number of aromatic nitrogens is 2. The van der Waals surface area contributed by atoms with Gasteiger partial charge in [0.05, 0.1) is 5.69 Å². The molecular formula is C25H26FN3. The summed E-state index contributed by atoms with van der Waals surface area (Å²) in [6.07, 6.45) is 10.7. The monoisotopic (exact) mass is 387 g/mol. The lowest BCUT2D eigenvalue weighted by molar-refractivity contribution is 0.275. The fourth-order valence-electron chi connectivity index (χ4n) is 4.95. The van der Waals surface area contributed by atoms with Gasteiger partial charge in [0.15, 0.2) is 0 Å². The van der Waals surface area contributed by atoms with Gasteiger partial charge in [0.1, 0.15) is 5.82 Å². The van der Waals surface area contributed by atoms with Crippen LogP contribution >= 0.6 is 0 Å². The standard InChI is InChI=1S/C25H26FN3/c1-2-22-23(19-11-15-29-14-3-4-21(29)16-19)24(17-9-12-27-13-10-17)25(28-22)18-5-7-20(26)8-6-18/h5-13,21,28H,2-4,14-16H2,1H3. The second-order valence-corrected chi connectivity index (χ2v) is 8.05. The maximum Gasteiger partial charge on any atom is 0.123 e. The van der Waals surface area contributed by atoms with Gasteiger partial charge in [0.2, 0.25) is 0 Å². The number of fused-ring (bicyclic) bond motifs is 1. The molecule has 1 atom stereocenters. The highest BCUT2D eigenvalue weighted by atomic mass is 19.1. The Balaban J connectivity index is 1.70. The normalized spacial score (nSPS) is 19.2. The van der Waals surface area contributed by atoms with Gasteiger partial charge < -0.3 is 4.98 Å². The lowest BCUT2D eigenvalue weighted by atomic mass is 9.88. The Hall–Kier alpha value is -2.72. The predicted molar refractivity (Wildman–Crippen MR) is 116 cm³/mol. The minimum Gasteiger partial charge on any atom is -0.357 e. The molecule has 0 amide bonds. The van der Waals surface area contributed by atoms with E-state index in [1.807, 2.05) is 24.5 Å². The van der Waals surface area contributed by atoms with Gasteiger partial charge in [0.25, 0.3) is 0 Å². The minimum absolute atomic E-state index is 0.210. The van der Waals surface area contributed by atoms with E-state index in [1.54, 1.807) is 0 Å². The molecule has 1 fully saturated rings. The third kappa shape index (κ3) is 3.32. The molecule has 5 rings (SSSR count). The predicted octanol–water partition coefficient (Wildman–Crippen LogP) is 5.70. The van der Waals surface area contributed by atoms with Crippen molar-refractivity contribution in [3.8, 4) is 22.4 Å². The molecule has 3 nitrogen and oxygen atoms in total. The van der Waals surface area contributed by atoms with E-state index >= 15 is 0 Å². The summed E-state index contributed by atoms with van der Waals surface area (Å²) in [5, 5.41) is 0. The summed E-state index contributed by atoms with van der Waals surface area (Å²) >= 11 is 0. The largest absolute Gasteiger partial charge is 0.357 e. The Morgan fingerprint density at radius 3 is 2.62 bits per heavy atom. The number of halogens is 1. The number of aryl methyl sites for hydroxylation is 1. The molecule has 0 saturated carbocycles. The zero-order valence-electron chi connectivity index (χ0n) is 16.8. The van der Waals surface area contributed by atoms with Crippen LogP contribution in [0.5, 0.6) is 0 Å². The molecule has 1 aromatic carbocycles. The molecule has 0 aliphatic carbocycles. The van der Waals surface area contributed by atoms with Gasteiger partial charge in [-0.05, 0) is 85.3 Å². The number of benzene rings is 1. The molecule has 148 valence electrons. The number of pyridine rings is 1. The van der Waals surface area contributed by atoms with Crippen LogP contribution in [0.3, 0.4) is 0 Å². The zero-order valence-corrected chi connectivity index (χ0v) is 16.8. The van der Waals surface area contributed by atoms with Crippen molar-refractivity contribution >= 4 is 5.57 Å². The Morgan fingerprint density at radius 1 is 1.07 bits per heavy atom. The van der Waals surface area contributed by atoms with Gasteiger partial charge >= 0.3 is 0 Å². The molecule has 0 radical (unpaired) electrons. The highest BCUT2D eigenvalue weighted by Crippen LogP contribution is 2.43. The molecule has 1 saturated heterocycles. The first kappa shape index (κ1) is 18.3. The van der Waals surface area contributed by atoms with E-state index < -0.39 is 0 Å². The molecule has 1 N–H and O–H groups in total. The van der Waals surface area contributed by atoms with E-state index in [-0.39, 0.29) is 5.82 Å². The minimum atomic E-state index is -0.210. The van der Waals surface area contributed by atoms with Gasteiger partial charge in [-0.2, -0.15) is 0 Å². The third-order valence-electron chi connectivity index (χ3n) is 6.38. The lowest BCUT2D eigenvalue weighted by Gasteiger charge is -2.30. The van der Waals surface area contributed by atoms with Crippen molar-refractivity contribution in [1.29, 1.82) is 0 Å². The van der Waals surface area contributed by atoms with Gasteiger partial charge in [-0.1, -0.05) is 13.0 Å². The molecule has 4 heterocycles. The number of H-pyrrole nitrogens is 1. The highest BCUT2D eigenvalue weighted by Gasteiger charge is 2.31. The van der Waals surface area contributed by atoms with Crippen LogP contribution in [0, 0.1) is 5.82 Å².